The Kier molecular flexibility index (Phi) is 6.32. The Labute approximate surface area is 168 Å². The lowest BCUT2D eigenvalue weighted by atomic mass is 10.1. The molecule has 0 amide bonds. The van der Waals surface area contributed by atoms with E-state index in [0.717, 1.165) is 29.2 Å². The van der Waals surface area contributed by atoms with Crippen molar-refractivity contribution >= 4 is 46.6 Å². The summed E-state index contributed by atoms with van der Waals surface area (Å²) >= 11 is 11.7. The van der Waals surface area contributed by atoms with Gasteiger partial charge in [0.2, 0.25) is 0 Å². The quantitative estimate of drug-likeness (QED) is 0.475. The standard InChI is InChI=1S/C21H19Cl2N3O/c1-2-18-14(11-12-24-19-9-6-16(23)13-20(19)27)3-10-21(26-18)25-17-7-4-15(22)5-8-17/h3-10,12-13,27H,2,11H2,1H3,(H,25,26). The van der Waals surface area contributed by atoms with Gasteiger partial charge in [0.05, 0.1) is 0 Å². The summed E-state index contributed by atoms with van der Waals surface area (Å²) in [5.41, 5.74) is 3.52. The Balaban J connectivity index is 1.72. The van der Waals surface area contributed by atoms with E-state index in [1.54, 1.807) is 18.3 Å². The van der Waals surface area contributed by atoms with E-state index < -0.39 is 0 Å². The second-order valence-electron chi connectivity index (χ2n) is 5.94. The number of hydrogen-bond donors (Lipinski definition) is 2. The van der Waals surface area contributed by atoms with Crippen LogP contribution in [0.15, 0.2) is 59.6 Å². The molecule has 0 unspecified atom stereocenters. The highest BCUT2D eigenvalue weighted by molar-refractivity contribution is 6.31. The van der Waals surface area contributed by atoms with Gasteiger partial charge < -0.3 is 10.4 Å². The molecule has 0 saturated heterocycles. The molecule has 138 valence electrons. The first kappa shape index (κ1) is 19.2. The first-order chi connectivity index (χ1) is 13.0. The van der Waals surface area contributed by atoms with Crippen LogP contribution >= 0.6 is 23.2 Å². The van der Waals surface area contributed by atoms with E-state index in [1.807, 2.05) is 36.4 Å². The molecular weight excluding hydrogens is 381 g/mol. The van der Waals surface area contributed by atoms with Gasteiger partial charge >= 0.3 is 0 Å². The molecule has 3 rings (SSSR count). The lowest BCUT2D eigenvalue weighted by molar-refractivity contribution is 0.477. The van der Waals surface area contributed by atoms with E-state index in [4.69, 9.17) is 28.2 Å². The van der Waals surface area contributed by atoms with E-state index in [1.165, 1.54) is 6.07 Å². The van der Waals surface area contributed by atoms with Gasteiger partial charge in [-0.05, 0) is 54.4 Å². The Morgan fingerprint density at radius 1 is 1.04 bits per heavy atom. The predicted molar refractivity (Wildman–Crippen MR) is 113 cm³/mol. The number of anilines is 2. The van der Waals surface area contributed by atoms with Crippen molar-refractivity contribution in [1.29, 1.82) is 0 Å². The van der Waals surface area contributed by atoms with Crippen LogP contribution in [0.5, 0.6) is 5.75 Å². The SMILES string of the molecule is CCc1nc(Nc2ccc(Cl)cc2)ccc1CC=Nc1ccc(Cl)cc1O. The summed E-state index contributed by atoms with van der Waals surface area (Å²) in [5.74, 6) is 0.848. The molecule has 0 fully saturated rings. The summed E-state index contributed by atoms with van der Waals surface area (Å²) in [4.78, 5) is 9.02. The molecule has 0 atom stereocenters. The number of phenolic OH excluding ortho intramolecular Hbond substituents is 1. The van der Waals surface area contributed by atoms with Gasteiger partial charge in [0.1, 0.15) is 17.3 Å². The lowest BCUT2D eigenvalue weighted by Crippen LogP contribution is -2.01. The fourth-order valence-corrected chi connectivity index (χ4v) is 2.91. The molecule has 27 heavy (non-hydrogen) atoms. The number of rotatable bonds is 6. The molecule has 4 nitrogen and oxygen atoms in total. The van der Waals surface area contributed by atoms with E-state index >= 15 is 0 Å². The first-order valence-corrected chi connectivity index (χ1v) is 9.33. The summed E-state index contributed by atoms with van der Waals surface area (Å²) in [6, 6.07) is 16.3. The molecule has 0 bridgehead atoms. The summed E-state index contributed by atoms with van der Waals surface area (Å²) in [5, 5.41) is 14.3. The number of aromatic hydroxyl groups is 1. The van der Waals surface area contributed by atoms with Gasteiger partial charge in [-0.2, -0.15) is 0 Å². The second kappa shape index (κ2) is 8.89. The number of nitrogens with one attached hydrogen (secondary N) is 1. The molecule has 0 aliphatic rings. The van der Waals surface area contributed by atoms with E-state index in [-0.39, 0.29) is 5.75 Å². The molecule has 2 aromatic carbocycles. The zero-order valence-corrected chi connectivity index (χ0v) is 16.3. The van der Waals surface area contributed by atoms with Crippen molar-refractivity contribution < 1.29 is 5.11 Å². The van der Waals surface area contributed by atoms with Crippen molar-refractivity contribution in [2.45, 2.75) is 19.8 Å². The summed E-state index contributed by atoms with van der Waals surface area (Å²) in [6.07, 6.45) is 3.20. The number of halogens is 2. The van der Waals surface area contributed by atoms with Crippen molar-refractivity contribution in [2.24, 2.45) is 4.99 Å². The van der Waals surface area contributed by atoms with Crippen LogP contribution in [0.4, 0.5) is 17.2 Å². The molecular formula is C21H19Cl2N3O. The second-order valence-corrected chi connectivity index (χ2v) is 6.81. The molecule has 0 aliphatic carbocycles. The molecule has 3 aromatic rings. The van der Waals surface area contributed by atoms with Gasteiger partial charge in [0.15, 0.2) is 0 Å². The molecule has 1 heterocycles. The van der Waals surface area contributed by atoms with Gasteiger partial charge in [-0.1, -0.05) is 36.2 Å². The van der Waals surface area contributed by atoms with Crippen LogP contribution in [0.3, 0.4) is 0 Å². The first-order valence-electron chi connectivity index (χ1n) is 8.57. The molecule has 0 aliphatic heterocycles. The normalized spacial score (nSPS) is 11.1. The molecule has 0 spiro atoms. The Morgan fingerprint density at radius 2 is 1.78 bits per heavy atom. The van der Waals surface area contributed by atoms with E-state index in [9.17, 15) is 5.11 Å². The number of benzene rings is 2. The number of hydrogen-bond acceptors (Lipinski definition) is 4. The fourth-order valence-electron chi connectivity index (χ4n) is 2.62. The average molecular weight is 400 g/mol. The Hall–Kier alpha value is -2.56. The third-order valence-electron chi connectivity index (χ3n) is 4.00. The maximum absolute atomic E-state index is 9.86. The van der Waals surface area contributed by atoms with Gasteiger partial charge in [0.25, 0.3) is 0 Å². The molecule has 0 radical (unpaired) electrons. The fraction of sp³-hybridized carbons (Fsp3) is 0.143. The topological polar surface area (TPSA) is 57.5 Å². The zero-order chi connectivity index (χ0) is 19.2. The maximum atomic E-state index is 9.86. The summed E-state index contributed by atoms with van der Waals surface area (Å²) in [6.45, 7) is 2.07. The minimum absolute atomic E-state index is 0.0649. The minimum Gasteiger partial charge on any atom is -0.506 e. The third kappa shape index (κ3) is 5.22. The molecule has 1 aromatic heterocycles. The van der Waals surface area contributed by atoms with Crippen LogP contribution < -0.4 is 5.32 Å². The van der Waals surface area contributed by atoms with Crippen LogP contribution in [0.1, 0.15) is 18.2 Å². The van der Waals surface area contributed by atoms with Gasteiger partial charge in [-0.15, -0.1) is 0 Å². The van der Waals surface area contributed by atoms with Crippen LogP contribution in [0, 0.1) is 0 Å². The van der Waals surface area contributed by atoms with Crippen LogP contribution in [0.25, 0.3) is 0 Å². The lowest BCUT2D eigenvalue weighted by Gasteiger charge is -2.10. The van der Waals surface area contributed by atoms with Crippen molar-refractivity contribution in [3.63, 3.8) is 0 Å². The highest BCUT2D eigenvalue weighted by Gasteiger charge is 2.05. The van der Waals surface area contributed by atoms with Gasteiger partial charge in [0, 0.05) is 40.1 Å². The summed E-state index contributed by atoms with van der Waals surface area (Å²) in [7, 11) is 0. The van der Waals surface area contributed by atoms with Crippen LogP contribution in [-0.2, 0) is 12.8 Å². The highest BCUT2D eigenvalue weighted by Crippen LogP contribution is 2.29. The molecule has 0 saturated carbocycles. The van der Waals surface area contributed by atoms with Gasteiger partial charge in [-0.3, -0.25) is 4.99 Å². The van der Waals surface area contributed by atoms with Crippen LogP contribution in [0.2, 0.25) is 10.0 Å². The largest absolute Gasteiger partial charge is 0.506 e. The Bertz CT molecular complexity index is 956. The zero-order valence-electron chi connectivity index (χ0n) is 14.8. The monoisotopic (exact) mass is 399 g/mol. The number of pyridine rings is 1. The van der Waals surface area contributed by atoms with Crippen molar-refractivity contribution in [2.75, 3.05) is 5.32 Å². The highest BCUT2D eigenvalue weighted by atomic mass is 35.5. The smallest absolute Gasteiger partial charge is 0.142 e. The molecule has 6 heteroatoms. The maximum Gasteiger partial charge on any atom is 0.142 e. The van der Waals surface area contributed by atoms with Gasteiger partial charge in [-0.25, -0.2) is 4.98 Å². The number of aromatic nitrogens is 1. The Morgan fingerprint density at radius 3 is 2.48 bits per heavy atom. The molecule has 2 N–H and O–H groups in total. The van der Waals surface area contributed by atoms with Crippen molar-refractivity contribution in [3.05, 3.63) is 75.9 Å². The number of nitrogens with zero attached hydrogens (tertiary/aromatic N) is 2. The van der Waals surface area contributed by atoms with Crippen LogP contribution in [-0.4, -0.2) is 16.3 Å². The number of aliphatic imine (C=N–C) groups is 1. The average Bonchev–Trinajstić information content (AvgIpc) is 2.66. The predicted octanol–water partition coefficient (Wildman–Crippen LogP) is 6.35. The van der Waals surface area contributed by atoms with Crippen molar-refractivity contribution in [3.8, 4) is 5.75 Å². The van der Waals surface area contributed by atoms with Crippen molar-refractivity contribution in [1.82, 2.24) is 4.98 Å². The summed E-state index contributed by atoms with van der Waals surface area (Å²) < 4.78 is 0. The van der Waals surface area contributed by atoms with E-state index in [2.05, 4.69) is 17.2 Å². The van der Waals surface area contributed by atoms with E-state index in [0.29, 0.717) is 22.2 Å². The minimum atomic E-state index is 0.0649. The third-order valence-corrected chi connectivity index (χ3v) is 4.49. The number of aryl methyl sites for hydroxylation is 1. The number of phenols is 1.